The number of phosphoric ester groups is 2. The fourth-order valence-electron chi connectivity index (χ4n) is 7.37. The molecule has 8 rings (SSSR count). The third kappa shape index (κ3) is 16.7. The van der Waals surface area contributed by atoms with Crippen molar-refractivity contribution in [2.45, 2.75) is 46.3 Å². The smallest absolute Gasteiger partial charge is 0.870 e. The predicted molar refractivity (Wildman–Crippen MR) is 282 cm³/mol. The molecule has 7 N–H and O–H groups in total. The molecular weight excluding hydrogens is 1180 g/mol. The number of phosphoric acid groups is 2. The number of methoxy groups -OCH3 is 6. The zero-order chi connectivity index (χ0) is 58.5. The van der Waals surface area contributed by atoms with Gasteiger partial charge >= 0.3 is 59.2 Å². The Labute approximate surface area is 514 Å². The Morgan fingerprint density at radius 3 is 1.25 bits per heavy atom. The molecule has 0 saturated heterocycles. The van der Waals surface area contributed by atoms with E-state index in [9.17, 15) is 37.3 Å². The Hall–Kier alpha value is -6.88. The first-order valence-electron chi connectivity index (χ1n) is 22.8. The molecule has 0 atom stereocenters. The number of nitrogens with zero attached hydrogens (tertiary/aromatic N) is 8. The molecule has 2 aliphatic rings. The summed E-state index contributed by atoms with van der Waals surface area (Å²) in [5.74, 6) is -1.36. The van der Waals surface area contributed by atoms with Gasteiger partial charge in [-0.15, -0.1) is 0 Å². The van der Waals surface area contributed by atoms with Crippen molar-refractivity contribution in [2.24, 2.45) is 0 Å². The van der Waals surface area contributed by atoms with Crippen molar-refractivity contribution in [3.8, 4) is 46.0 Å². The summed E-state index contributed by atoms with van der Waals surface area (Å²) in [5.41, 5.74) is -1.87. The summed E-state index contributed by atoms with van der Waals surface area (Å²) in [4.78, 5) is 92.5. The molecule has 4 aromatic heterocycles. The van der Waals surface area contributed by atoms with Crippen LogP contribution in [0.4, 0.5) is 67.0 Å². The number of hydrogen-bond acceptors (Lipinski definition) is 27. The summed E-state index contributed by atoms with van der Waals surface area (Å²) in [6, 6.07) is 12.2. The van der Waals surface area contributed by atoms with Gasteiger partial charge in [0.25, 0.3) is 11.8 Å². The van der Waals surface area contributed by atoms with Gasteiger partial charge < -0.3 is 93.3 Å². The number of carbonyl (C=O) groups excluding carboxylic acids is 2. The number of carbonyl (C=O) groups is 2. The number of benzene rings is 2. The molecule has 2 aromatic carbocycles. The van der Waals surface area contributed by atoms with Gasteiger partial charge in [0.15, 0.2) is 80.6 Å². The number of rotatable bonds is 20. The molecule has 2 amide bonds. The summed E-state index contributed by atoms with van der Waals surface area (Å²) in [5, 5.41) is 11.2. The van der Waals surface area contributed by atoms with Gasteiger partial charge in [-0.05, 0) is 52.0 Å². The molecule has 0 fully saturated rings. The first-order chi connectivity index (χ1) is 37.7. The number of ether oxygens (including phenoxy) is 8. The zero-order valence-corrected chi connectivity index (χ0v) is 50.2. The summed E-state index contributed by atoms with van der Waals surface area (Å²) in [6.07, 6.45) is 1.85. The van der Waals surface area contributed by atoms with Gasteiger partial charge in [0, 0.05) is 35.6 Å². The zero-order valence-electron chi connectivity index (χ0n) is 45.3. The second-order valence-electron chi connectivity index (χ2n) is 17.3. The van der Waals surface area contributed by atoms with Crippen LogP contribution in [0.25, 0.3) is 0 Å². The Bertz CT molecular complexity index is 3150. The molecule has 31 nitrogen and oxygen atoms in total. The van der Waals surface area contributed by atoms with Crippen LogP contribution in [0.15, 0.2) is 60.9 Å². The van der Waals surface area contributed by atoms with Gasteiger partial charge in [-0.25, -0.2) is 33.3 Å². The number of amides is 2. The van der Waals surface area contributed by atoms with E-state index in [1.807, 2.05) is 0 Å². The summed E-state index contributed by atoms with van der Waals surface area (Å²) in [6.45, 7) is 4.13. The van der Waals surface area contributed by atoms with Crippen LogP contribution in [-0.2, 0) is 27.8 Å². The summed E-state index contributed by atoms with van der Waals surface area (Å²) < 4.78 is 104. The minimum Gasteiger partial charge on any atom is -0.870 e. The molecule has 83 heavy (non-hydrogen) atoms. The molecule has 6 aromatic rings. The van der Waals surface area contributed by atoms with Crippen LogP contribution in [0, 0.1) is 11.6 Å². The average molecular weight is 1230 g/mol. The number of fused-ring (bicyclic) bond motifs is 2. The van der Waals surface area contributed by atoms with E-state index in [0.29, 0.717) is 45.9 Å². The molecule has 0 saturated carbocycles. The summed E-state index contributed by atoms with van der Waals surface area (Å²) >= 11 is 0. The number of hydrogen-bond donors (Lipinski definition) is 6. The number of anilines is 10. The van der Waals surface area contributed by atoms with Crippen molar-refractivity contribution in [3.63, 3.8) is 0 Å². The standard InChI is InChI=1S/2C23H26FN6O9P.CH4.K.H2O/c2*1-23(2)21(31)30(11-38-40(32,33)34)20-14(39-23)6-7-17(28-20)27-19-13(24)10-25-22(29-19)26-12-8-15(35-3)18(37-5)16(9-12)36-4;;;/h2*6-10H,11H2,1-5H3,(H2,32,33,34)(H2,25,26,27,28,29);1H4;;1H2/q;;;+1;/p-3. The summed E-state index contributed by atoms with van der Waals surface area (Å²) in [7, 11) is -1.56. The van der Waals surface area contributed by atoms with Gasteiger partial charge in [0.1, 0.15) is 25.1 Å². The minimum atomic E-state index is -5.41. The van der Waals surface area contributed by atoms with Crippen LogP contribution >= 0.6 is 15.6 Å². The molecule has 2 aliphatic heterocycles. The Morgan fingerprint density at radius 1 is 0.590 bits per heavy atom. The maximum atomic E-state index is 14.7. The van der Waals surface area contributed by atoms with E-state index in [2.05, 4.69) is 60.2 Å². The predicted octanol–water partition coefficient (Wildman–Crippen LogP) is 2.39. The van der Waals surface area contributed by atoms with Gasteiger partial charge in [-0.3, -0.25) is 23.9 Å². The molecule has 6 heterocycles. The number of nitrogens with one attached hydrogen (secondary N) is 4. The van der Waals surface area contributed by atoms with Crippen molar-refractivity contribution in [1.29, 1.82) is 0 Å². The third-order valence-electron chi connectivity index (χ3n) is 11.0. The van der Waals surface area contributed by atoms with E-state index in [1.54, 1.807) is 24.3 Å². The largest absolute Gasteiger partial charge is 1.00 e. The van der Waals surface area contributed by atoms with Crippen LogP contribution < -0.4 is 130 Å². The molecule has 0 unspecified atom stereocenters. The second kappa shape index (κ2) is 28.1. The SMILES string of the molecule is C.COc1cc(Nc2ncc(F)c(Nc3ccc4c(n3)N(COP(=O)(O)O)C(=O)C(C)(C)O4)n2)cc(OC)c1OC.COc1cc(Nc2ncc(F)c(Nc3ccc4c(n3)N(COP(=O)([O-])[O-])C(=O)C(C)(C)O4)n2)cc(OC)c1OC.[K+].[OH-]. The van der Waals surface area contributed by atoms with Crippen LogP contribution in [0.5, 0.6) is 46.0 Å². The fourth-order valence-corrected chi connectivity index (χ4v) is 7.90. The normalized spacial score (nSPS) is 13.7. The number of aromatic nitrogens is 6. The molecular formula is C47H55F2KN12O19P2-2. The monoisotopic (exact) mass is 1230 g/mol. The minimum absolute atomic E-state index is 0. The average Bonchev–Trinajstić information content (AvgIpc) is 3.34. The van der Waals surface area contributed by atoms with E-state index in [1.165, 1.54) is 94.6 Å². The van der Waals surface area contributed by atoms with Gasteiger partial charge in [-0.2, -0.15) is 9.97 Å². The first kappa shape index (κ1) is 68.6. The first-order valence-corrected chi connectivity index (χ1v) is 25.8. The van der Waals surface area contributed by atoms with E-state index >= 15 is 0 Å². The molecule has 444 valence electrons. The molecule has 0 radical (unpaired) electrons. The van der Waals surface area contributed by atoms with Gasteiger partial charge in [0.2, 0.25) is 23.4 Å². The maximum absolute atomic E-state index is 14.7. The molecule has 0 aliphatic carbocycles. The number of halogens is 2. The Balaban J connectivity index is 0.000000344. The number of pyridine rings is 2. The maximum Gasteiger partial charge on any atom is 1.00 e. The molecule has 0 bridgehead atoms. The molecule has 36 heteroatoms. The van der Waals surface area contributed by atoms with Crippen molar-refractivity contribution in [1.82, 2.24) is 29.9 Å². The fraction of sp³-hybridized carbons (Fsp3) is 0.319. The van der Waals surface area contributed by atoms with Crippen LogP contribution in [0.1, 0.15) is 35.1 Å². The quantitative estimate of drug-likeness (QED) is 0.0472. The Kier molecular flexibility index (Phi) is 23.3. The van der Waals surface area contributed by atoms with E-state index in [-0.39, 0.29) is 123 Å². The molecule has 0 spiro atoms. The van der Waals surface area contributed by atoms with Crippen molar-refractivity contribution in [2.75, 3.05) is 87.2 Å². The van der Waals surface area contributed by atoms with E-state index in [0.717, 1.165) is 22.2 Å². The van der Waals surface area contributed by atoms with Crippen LogP contribution in [0.3, 0.4) is 0 Å². The van der Waals surface area contributed by atoms with E-state index in [4.69, 9.17) is 47.7 Å². The topological polar surface area (TPSA) is 409 Å². The van der Waals surface area contributed by atoms with Crippen LogP contribution in [0.2, 0.25) is 0 Å². The van der Waals surface area contributed by atoms with E-state index < -0.39 is 63.8 Å². The van der Waals surface area contributed by atoms with Crippen LogP contribution in [-0.4, -0.2) is 124 Å². The third-order valence-corrected chi connectivity index (χ3v) is 11.8. The van der Waals surface area contributed by atoms with Crippen molar-refractivity contribution in [3.05, 3.63) is 72.6 Å². The Morgan fingerprint density at radius 2 is 0.940 bits per heavy atom. The van der Waals surface area contributed by atoms with Gasteiger partial charge in [0.05, 0.1) is 62.9 Å². The second-order valence-corrected chi connectivity index (χ2v) is 19.7. The van der Waals surface area contributed by atoms with Crippen molar-refractivity contribution < 1.29 is 151 Å². The van der Waals surface area contributed by atoms with Crippen molar-refractivity contribution >= 4 is 85.6 Å². The van der Waals surface area contributed by atoms with Gasteiger partial charge in [-0.1, -0.05) is 7.43 Å².